The Morgan fingerprint density at radius 1 is 1.35 bits per heavy atom. The number of aromatic nitrogens is 2. The zero-order chi connectivity index (χ0) is 14.1. The van der Waals surface area contributed by atoms with Crippen molar-refractivity contribution in [2.75, 3.05) is 19.6 Å². The SMILES string of the molecule is CCN(CC)CC(=O)c1ccc2nc(C3CC3)[nH]c2c1. The van der Waals surface area contributed by atoms with Crippen molar-refractivity contribution in [3.05, 3.63) is 29.6 Å². The van der Waals surface area contributed by atoms with E-state index in [4.69, 9.17) is 0 Å². The first-order chi connectivity index (χ1) is 9.71. The molecule has 4 nitrogen and oxygen atoms in total. The minimum Gasteiger partial charge on any atom is -0.342 e. The largest absolute Gasteiger partial charge is 0.342 e. The van der Waals surface area contributed by atoms with Crippen LogP contribution in [0.3, 0.4) is 0 Å². The van der Waals surface area contributed by atoms with E-state index < -0.39 is 0 Å². The lowest BCUT2D eigenvalue weighted by Crippen LogP contribution is -2.29. The number of carbonyl (C=O) groups is 1. The van der Waals surface area contributed by atoms with Crippen molar-refractivity contribution >= 4 is 16.8 Å². The van der Waals surface area contributed by atoms with Crippen molar-refractivity contribution in [2.45, 2.75) is 32.6 Å². The maximum Gasteiger partial charge on any atom is 0.176 e. The predicted molar refractivity (Wildman–Crippen MR) is 80.2 cm³/mol. The number of H-pyrrole nitrogens is 1. The molecular formula is C16H21N3O. The van der Waals surface area contributed by atoms with Gasteiger partial charge in [0.25, 0.3) is 0 Å². The quantitative estimate of drug-likeness (QED) is 0.822. The number of carbonyl (C=O) groups excluding carboxylic acids is 1. The van der Waals surface area contributed by atoms with Crippen LogP contribution in [0.5, 0.6) is 0 Å². The first-order valence-corrected chi connectivity index (χ1v) is 7.46. The van der Waals surface area contributed by atoms with Crippen LogP contribution in [-0.2, 0) is 0 Å². The zero-order valence-electron chi connectivity index (χ0n) is 12.1. The Balaban J connectivity index is 1.82. The number of nitrogens with one attached hydrogen (secondary N) is 1. The number of fused-ring (bicyclic) bond motifs is 1. The van der Waals surface area contributed by atoms with Gasteiger partial charge in [-0.05, 0) is 44.1 Å². The number of Topliss-reactive ketones (excluding diaryl/α,β-unsaturated/α-hetero) is 1. The monoisotopic (exact) mass is 271 g/mol. The van der Waals surface area contributed by atoms with Gasteiger partial charge in [0.05, 0.1) is 17.6 Å². The highest BCUT2D eigenvalue weighted by Crippen LogP contribution is 2.39. The molecule has 4 heteroatoms. The molecule has 1 aliphatic rings. The second kappa shape index (κ2) is 5.37. The number of rotatable bonds is 6. The number of aromatic amines is 1. The Labute approximate surface area is 119 Å². The van der Waals surface area contributed by atoms with Crippen molar-refractivity contribution in [1.82, 2.24) is 14.9 Å². The van der Waals surface area contributed by atoms with Gasteiger partial charge in [-0.1, -0.05) is 13.8 Å². The molecule has 1 N–H and O–H groups in total. The van der Waals surface area contributed by atoms with Crippen LogP contribution in [0.1, 0.15) is 48.8 Å². The molecule has 2 aromatic rings. The van der Waals surface area contributed by atoms with Crippen LogP contribution in [0.25, 0.3) is 11.0 Å². The van der Waals surface area contributed by atoms with Crippen molar-refractivity contribution < 1.29 is 4.79 Å². The van der Waals surface area contributed by atoms with Crippen molar-refractivity contribution in [3.63, 3.8) is 0 Å². The summed E-state index contributed by atoms with van der Waals surface area (Å²) >= 11 is 0. The Kier molecular flexibility index (Phi) is 3.57. The average Bonchev–Trinajstić information content (AvgIpc) is 3.23. The summed E-state index contributed by atoms with van der Waals surface area (Å²) in [5.74, 6) is 1.86. The highest BCUT2D eigenvalue weighted by molar-refractivity contribution is 6.00. The van der Waals surface area contributed by atoms with Crippen LogP contribution in [0, 0.1) is 0 Å². The number of hydrogen-bond acceptors (Lipinski definition) is 3. The fraction of sp³-hybridized carbons (Fsp3) is 0.500. The molecule has 106 valence electrons. The molecule has 1 saturated carbocycles. The summed E-state index contributed by atoms with van der Waals surface area (Å²) in [6.45, 7) is 6.45. The molecule has 0 unspecified atom stereocenters. The summed E-state index contributed by atoms with van der Waals surface area (Å²) < 4.78 is 0. The van der Waals surface area contributed by atoms with Gasteiger partial charge in [-0.3, -0.25) is 9.69 Å². The molecule has 3 rings (SSSR count). The van der Waals surface area contributed by atoms with Crippen LogP contribution in [-0.4, -0.2) is 40.3 Å². The van der Waals surface area contributed by atoms with Crippen molar-refractivity contribution in [2.24, 2.45) is 0 Å². The van der Waals surface area contributed by atoms with Crippen molar-refractivity contribution in [3.8, 4) is 0 Å². The topological polar surface area (TPSA) is 49.0 Å². The minimum atomic E-state index is 0.179. The van der Waals surface area contributed by atoms with Gasteiger partial charge in [0.1, 0.15) is 5.82 Å². The first kappa shape index (κ1) is 13.3. The highest BCUT2D eigenvalue weighted by atomic mass is 16.1. The molecule has 1 heterocycles. The Hall–Kier alpha value is -1.68. The number of imidazole rings is 1. The van der Waals surface area contributed by atoms with Gasteiger partial charge in [-0.15, -0.1) is 0 Å². The smallest absolute Gasteiger partial charge is 0.176 e. The zero-order valence-corrected chi connectivity index (χ0v) is 12.1. The van der Waals surface area contributed by atoms with Gasteiger partial charge >= 0.3 is 0 Å². The Morgan fingerprint density at radius 3 is 2.75 bits per heavy atom. The van der Waals surface area contributed by atoms with Gasteiger partial charge in [0.15, 0.2) is 5.78 Å². The second-order valence-corrected chi connectivity index (χ2v) is 5.51. The summed E-state index contributed by atoms with van der Waals surface area (Å²) in [4.78, 5) is 22.4. The lowest BCUT2D eigenvalue weighted by atomic mass is 10.1. The van der Waals surface area contributed by atoms with E-state index in [-0.39, 0.29) is 5.78 Å². The molecule has 1 fully saturated rings. The molecule has 0 atom stereocenters. The summed E-state index contributed by atoms with van der Waals surface area (Å²) in [6.07, 6.45) is 2.46. The number of hydrogen-bond donors (Lipinski definition) is 1. The predicted octanol–water partition coefficient (Wildman–Crippen LogP) is 2.96. The van der Waals surface area contributed by atoms with Gasteiger partial charge in [0.2, 0.25) is 0 Å². The third-order valence-corrected chi connectivity index (χ3v) is 4.05. The van der Waals surface area contributed by atoms with E-state index in [0.29, 0.717) is 12.5 Å². The molecule has 0 spiro atoms. The maximum absolute atomic E-state index is 12.3. The lowest BCUT2D eigenvalue weighted by Gasteiger charge is -2.16. The lowest BCUT2D eigenvalue weighted by molar-refractivity contribution is 0.0937. The molecule has 1 aromatic carbocycles. The fourth-order valence-electron chi connectivity index (χ4n) is 2.49. The van der Waals surface area contributed by atoms with Crippen LogP contribution in [0.2, 0.25) is 0 Å². The maximum atomic E-state index is 12.3. The Morgan fingerprint density at radius 2 is 2.10 bits per heavy atom. The van der Waals surface area contributed by atoms with Gasteiger partial charge in [-0.25, -0.2) is 4.98 Å². The van der Waals surface area contributed by atoms with Crippen LogP contribution < -0.4 is 0 Å². The average molecular weight is 271 g/mol. The standard InChI is InChI=1S/C16H21N3O/c1-3-19(4-2)10-15(20)12-7-8-13-14(9-12)18-16(17-13)11-5-6-11/h7-9,11H,3-6,10H2,1-2H3,(H,17,18). The molecule has 0 bridgehead atoms. The fourth-order valence-corrected chi connectivity index (χ4v) is 2.49. The number of benzene rings is 1. The molecule has 0 amide bonds. The van der Waals surface area contributed by atoms with E-state index in [1.807, 2.05) is 18.2 Å². The second-order valence-electron chi connectivity index (χ2n) is 5.51. The molecule has 0 aliphatic heterocycles. The van der Waals surface area contributed by atoms with Gasteiger partial charge < -0.3 is 4.98 Å². The number of ketones is 1. The normalized spacial score (nSPS) is 15.2. The molecular weight excluding hydrogens is 250 g/mol. The molecule has 20 heavy (non-hydrogen) atoms. The summed E-state index contributed by atoms with van der Waals surface area (Å²) in [6, 6.07) is 5.79. The van der Waals surface area contributed by atoms with Crippen LogP contribution in [0.4, 0.5) is 0 Å². The number of nitrogens with zero attached hydrogens (tertiary/aromatic N) is 2. The Bertz CT molecular complexity index is 624. The van der Waals surface area contributed by atoms with Crippen molar-refractivity contribution in [1.29, 1.82) is 0 Å². The van der Waals surface area contributed by atoms with E-state index in [2.05, 4.69) is 28.7 Å². The van der Waals surface area contributed by atoms with E-state index in [9.17, 15) is 4.79 Å². The third-order valence-electron chi connectivity index (χ3n) is 4.05. The minimum absolute atomic E-state index is 0.179. The molecule has 1 aliphatic carbocycles. The van der Waals surface area contributed by atoms with Crippen LogP contribution >= 0.6 is 0 Å². The molecule has 0 radical (unpaired) electrons. The van der Waals surface area contributed by atoms with E-state index in [0.717, 1.165) is 35.5 Å². The van der Waals surface area contributed by atoms with Crippen LogP contribution in [0.15, 0.2) is 18.2 Å². The summed E-state index contributed by atoms with van der Waals surface area (Å²) in [5.41, 5.74) is 2.72. The summed E-state index contributed by atoms with van der Waals surface area (Å²) in [7, 11) is 0. The van der Waals surface area contributed by atoms with E-state index >= 15 is 0 Å². The van der Waals surface area contributed by atoms with E-state index in [1.165, 1.54) is 12.8 Å². The van der Waals surface area contributed by atoms with E-state index in [1.54, 1.807) is 0 Å². The number of likely N-dealkylation sites (N-methyl/N-ethyl adjacent to an activating group) is 1. The van der Waals surface area contributed by atoms with Gasteiger partial charge in [-0.2, -0.15) is 0 Å². The highest BCUT2D eigenvalue weighted by Gasteiger charge is 2.26. The molecule has 0 saturated heterocycles. The first-order valence-electron chi connectivity index (χ1n) is 7.46. The summed E-state index contributed by atoms with van der Waals surface area (Å²) in [5, 5.41) is 0. The van der Waals surface area contributed by atoms with Gasteiger partial charge in [0, 0.05) is 11.5 Å². The molecule has 1 aromatic heterocycles. The third kappa shape index (κ3) is 2.61.